The van der Waals surface area contributed by atoms with Crippen LogP contribution in [0.25, 0.3) is 0 Å². The van der Waals surface area contributed by atoms with Crippen LogP contribution in [-0.4, -0.2) is 23.3 Å². The summed E-state index contributed by atoms with van der Waals surface area (Å²) >= 11 is 0. The van der Waals surface area contributed by atoms with Crippen LogP contribution in [0.15, 0.2) is 12.2 Å². The molecule has 3 nitrogen and oxygen atoms in total. The van der Waals surface area contributed by atoms with Crippen molar-refractivity contribution in [1.29, 1.82) is 0 Å². The number of rotatable bonds is 2. The number of aliphatic hydroxyl groups is 1. The van der Waals surface area contributed by atoms with Crippen molar-refractivity contribution in [1.82, 2.24) is 0 Å². The Hall–Kier alpha value is -0.960. The quantitative estimate of drug-likeness (QED) is 0.389. The molecule has 0 heterocycles. The molecule has 5 aliphatic carbocycles. The molecule has 5 unspecified atom stereocenters. The van der Waals surface area contributed by atoms with Crippen molar-refractivity contribution in [2.45, 2.75) is 99.3 Å². The number of allylic oxidation sites excluding steroid dienone is 1. The van der Waals surface area contributed by atoms with Crippen LogP contribution >= 0.6 is 0 Å². The molecular formula is C30H46O3. The molecule has 33 heavy (non-hydrogen) atoms. The van der Waals surface area contributed by atoms with Gasteiger partial charge in [0.15, 0.2) is 5.78 Å². The minimum absolute atomic E-state index is 0.0767. The topological polar surface area (TPSA) is 54.4 Å². The molecule has 0 aromatic heterocycles. The molecule has 5 rings (SSSR count). The maximum Gasteiger partial charge on any atom is 0.204 e. The Labute approximate surface area is 201 Å². The van der Waals surface area contributed by atoms with Gasteiger partial charge in [-0.05, 0) is 110 Å². The van der Waals surface area contributed by atoms with Crippen molar-refractivity contribution in [3.63, 3.8) is 0 Å². The number of carbonyl (C=O) groups excluding carboxylic acids is 2. The number of Topliss-reactive ketones (excluding diaryl/α,β-unsaturated/α-hetero) is 2. The van der Waals surface area contributed by atoms with Gasteiger partial charge in [0.1, 0.15) is 0 Å². The molecule has 184 valence electrons. The lowest BCUT2D eigenvalue weighted by molar-refractivity contribution is -0.234. The molecule has 0 amide bonds. The second-order valence-electron chi connectivity index (χ2n) is 14.4. The third-order valence-corrected chi connectivity index (χ3v) is 13.1. The van der Waals surface area contributed by atoms with E-state index in [-0.39, 0.29) is 33.2 Å². The van der Waals surface area contributed by atoms with Crippen LogP contribution in [0.2, 0.25) is 0 Å². The molecule has 5 aliphatic rings. The van der Waals surface area contributed by atoms with E-state index in [1.807, 2.05) is 13.8 Å². The maximum atomic E-state index is 13.0. The lowest BCUT2D eigenvalue weighted by Gasteiger charge is -2.72. The summed E-state index contributed by atoms with van der Waals surface area (Å²) in [6, 6.07) is 0. The van der Waals surface area contributed by atoms with E-state index in [0.29, 0.717) is 42.6 Å². The fourth-order valence-corrected chi connectivity index (χ4v) is 11.3. The van der Waals surface area contributed by atoms with Gasteiger partial charge in [-0.3, -0.25) is 9.59 Å². The van der Waals surface area contributed by atoms with E-state index in [2.05, 4.69) is 34.3 Å². The molecule has 0 aromatic rings. The molecule has 0 bridgehead atoms. The summed E-state index contributed by atoms with van der Waals surface area (Å²) in [6.07, 6.45) is 9.63. The first-order valence-corrected chi connectivity index (χ1v) is 13.6. The summed E-state index contributed by atoms with van der Waals surface area (Å²) in [6.45, 7) is 18.5. The number of hydrogen-bond donors (Lipinski definition) is 1. The van der Waals surface area contributed by atoms with E-state index in [4.69, 9.17) is 0 Å². The molecule has 0 spiro atoms. The van der Waals surface area contributed by atoms with E-state index in [9.17, 15) is 14.7 Å². The van der Waals surface area contributed by atoms with Crippen LogP contribution in [0.4, 0.5) is 0 Å². The molecule has 1 N–H and O–H groups in total. The molecule has 0 aliphatic heterocycles. The highest BCUT2D eigenvalue weighted by atomic mass is 16.3. The molecule has 3 heteroatoms. The fraction of sp³-hybridized carbons (Fsp3) is 0.867. The van der Waals surface area contributed by atoms with Crippen molar-refractivity contribution < 1.29 is 14.7 Å². The minimum atomic E-state index is -0.543. The molecular weight excluding hydrogens is 408 g/mol. The molecule has 9 atom stereocenters. The van der Waals surface area contributed by atoms with Gasteiger partial charge in [0.25, 0.3) is 0 Å². The van der Waals surface area contributed by atoms with Crippen LogP contribution in [0.1, 0.15) is 99.3 Å². The van der Waals surface area contributed by atoms with E-state index in [1.54, 1.807) is 0 Å². The van der Waals surface area contributed by atoms with Gasteiger partial charge >= 0.3 is 0 Å². The minimum Gasteiger partial charge on any atom is -0.396 e. The summed E-state index contributed by atoms with van der Waals surface area (Å²) in [7, 11) is 0. The molecule has 0 saturated heterocycles. The lowest BCUT2D eigenvalue weighted by atomic mass is 9.32. The van der Waals surface area contributed by atoms with Crippen LogP contribution in [0.3, 0.4) is 0 Å². The van der Waals surface area contributed by atoms with Gasteiger partial charge in [-0.1, -0.05) is 46.8 Å². The van der Waals surface area contributed by atoms with Crippen molar-refractivity contribution >= 4 is 11.6 Å². The summed E-state index contributed by atoms with van der Waals surface area (Å²) < 4.78 is 0. The lowest BCUT2D eigenvalue weighted by Crippen LogP contribution is -2.67. The van der Waals surface area contributed by atoms with Gasteiger partial charge in [-0.2, -0.15) is 0 Å². The summed E-state index contributed by atoms with van der Waals surface area (Å²) in [5, 5.41) is 10.6. The van der Waals surface area contributed by atoms with E-state index in [0.717, 1.165) is 32.1 Å². The van der Waals surface area contributed by atoms with Crippen molar-refractivity contribution in [3.05, 3.63) is 12.2 Å². The zero-order valence-electron chi connectivity index (χ0n) is 21.9. The standard InChI is InChI=1S/C30H46O3/c1-18(2)19-10-13-30(17-31)15-14-28(6)20(24(19)30)8-9-23-27(5)16-21(32)25(33)26(3,4)22(27)11-12-29(23,28)7/h19-20,22-24,31H,1,8-17H2,2-7H3/t19-,20?,22?,23?,24?,27-,28-,29+,30?/m0/s1. The Morgan fingerprint density at radius 3 is 2.24 bits per heavy atom. The highest BCUT2D eigenvalue weighted by Crippen LogP contribution is 2.77. The van der Waals surface area contributed by atoms with Crippen LogP contribution in [0.5, 0.6) is 0 Å². The summed E-state index contributed by atoms with van der Waals surface area (Å²) in [5.41, 5.74) is 1.12. The normalized spacial score (nSPS) is 53.0. The van der Waals surface area contributed by atoms with E-state index >= 15 is 0 Å². The van der Waals surface area contributed by atoms with Gasteiger partial charge in [-0.15, -0.1) is 0 Å². The Balaban J connectivity index is 1.57. The zero-order valence-corrected chi connectivity index (χ0v) is 21.9. The number of ketones is 2. The van der Waals surface area contributed by atoms with E-state index < -0.39 is 5.41 Å². The number of hydrogen-bond acceptors (Lipinski definition) is 3. The first-order valence-electron chi connectivity index (χ1n) is 13.6. The van der Waals surface area contributed by atoms with Crippen LogP contribution < -0.4 is 0 Å². The zero-order chi connectivity index (χ0) is 24.2. The van der Waals surface area contributed by atoms with E-state index in [1.165, 1.54) is 24.8 Å². The second-order valence-corrected chi connectivity index (χ2v) is 14.4. The van der Waals surface area contributed by atoms with Gasteiger partial charge in [-0.25, -0.2) is 0 Å². The summed E-state index contributed by atoms with van der Waals surface area (Å²) in [5.74, 6) is 2.19. The number of aliphatic hydroxyl groups excluding tert-OH is 1. The SMILES string of the molecule is C=C(C)[C@@H]1CCC2(CO)CC[C@@]3(C)C(CCC4[C@@]5(C)CC(=O)C(=O)C(C)(C)C5CC[C@]43C)C12. The molecule has 0 aromatic carbocycles. The second kappa shape index (κ2) is 7.05. The van der Waals surface area contributed by atoms with Crippen molar-refractivity contribution in [3.8, 4) is 0 Å². The van der Waals surface area contributed by atoms with Gasteiger partial charge in [0.05, 0.1) is 0 Å². The summed E-state index contributed by atoms with van der Waals surface area (Å²) in [4.78, 5) is 25.9. The highest BCUT2D eigenvalue weighted by Gasteiger charge is 2.71. The largest absolute Gasteiger partial charge is 0.396 e. The molecule has 5 fully saturated rings. The predicted octanol–water partition coefficient (Wildman–Crippen LogP) is 6.38. The van der Waals surface area contributed by atoms with Crippen LogP contribution in [-0.2, 0) is 9.59 Å². The monoisotopic (exact) mass is 454 g/mol. The smallest absolute Gasteiger partial charge is 0.204 e. The Kier molecular flexibility index (Phi) is 5.08. The van der Waals surface area contributed by atoms with Gasteiger partial charge in [0, 0.05) is 18.4 Å². The number of fused-ring (bicyclic) bond motifs is 7. The number of carbonyl (C=O) groups is 2. The average molecular weight is 455 g/mol. The first-order chi connectivity index (χ1) is 15.3. The fourth-order valence-electron chi connectivity index (χ4n) is 11.3. The first kappa shape index (κ1) is 23.8. The van der Waals surface area contributed by atoms with Gasteiger partial charge in [0.2, 0.25) is 5.78 Å². The Morgan fingerprint density at radius 1 is 0.909 bits per heavy atom. The highest BCUT2D eigenvalue weighted by molar-refractivity contribution is 6.39. The van der Waals surface area contributed by atoms with Crippen molar-refractivity contribution in [2.75, 3.05) is 6.61 Å². The van der Waals surface area contributed by atoms with Crippen molar-refractivity contribution in [2.24, 2.45) is 56.7 Å². The van der Waals surface area contributed by atoms with Crippen LogP contribution in [0, 0.1) is 56.7 Å². The maximum absolute atomic E-state index is 13.0. The predicted molar refractivity (Wildman–Crippen MR) is 131 cm³/mol. The Morgan fingerprint density at radius 2 is 1.61 bits per heavy atom. The molecule has 0 radical (unpaired) electrons. The average Bonchev–Trinajstić information content (AvgIpc) is 3.13. The Bertz CT molecular complexity index is 902. The third kappa shape index (κ3) is 2.72. The molecule has 5 saturated carbocycles. The van der Waals surface area contributed by atoms with Gasteiger partial charge < -0.3 is 5.11 Å². The third-order valence-electron chi connectivity index (χ3n) is 13.1.